The Balaban J connectivity index is 2.61. The van der Waals surface area contributed by atoms with Crippen LogP contribution in [0, 0.1) is 6.92 Å². The van der Waals surface area contributed by atoms with Gasteiger partial charge in [-0.15, -0.1) is 0 Å². The lowest BCUT2D eigenvalue weighted by molar-refractivity contribution is -0.137. The van der Waals surface area contributed by atoms with Crippen molar-refractivity contribution in [2.24, 2.45) is 0 Å². The minimum Gasteiger partial charge on any atom is -0.392 e. The summed E-state index contributed by atoms with van der Waals surface area (Å²) in [4.78, 5) is 0. The Bertz CT molecular complexity index is 630. The van der Waals surface area contributed by atoms with Gasteiger partial charge in [0.2, 0.25) is 0 Å². The van der Waals surface area contributed by atoms with E-state index < -0.39 is 11.7 Å². The molecular formula is C12H9Cl2F3N2O. The van der Waals surface area contributed by atoms with Crippen LogP contribution in [0.25, 0.3) is 5.69 Å². The summed E-state index contributed by atoms with van der Waals surface area (Å²) in [6, 6.07) is 1.59. The van der Waals surface area contributed by atoms with Gasteiger partial charge in [0.1, 0.15) is 5.69 Å². The van der Waals surface area contributed by atoms with Crippen LogP contribution in [0.5, 0.6) is 0 Å². The molecular weight excluding hydrogens is 316 g/mol. The van der Waals surface area contributed by atoms with E-state index in [1.165, 1.54) is 10.9 Å². The van der Waals surface area contributed by atoms with E-state index in [1.54, 1.807) is 6.92 Å². The van der Waals surface area contributed by atoms with Gasteiger partial charge in [-0.2, -0.15) is 18.3 Å². The Hall–Kier alpha value is -1.24. The van der Waals surface area contributed by atoms with Gasteiger partial charge >= 0.3 is 6.18 Å². The summed E-state index contributed by atoms with van der Waals surface area (Å²) >= 11 is 11.8. The third kappa shape index (κ3) is 2.63. The first kappa shape index (κ1) is 15.2. The number of benzene rings is 1. The number of rotatable bonds is 2. The van der Waals surface area contributed by atoms with Crippen molar-refractivity contribution in [2.45, 2.75) is 19.7 Å². The fraction of sp³-hybridized carbons (Fsp3) is 0.250. The maximum Gasteiger partial charge on any atom is 0.416 e. The standard InChI is InChI=1S/C12H9Cl2F3N2O/c1-6-7(5-20)4-18-19(6)11-9(13)2-8(3-10(11)14)12(15,16)17/h2-4,20H,5H2,1H3. The second-order valence-electron chi connectivity index (χ2n) is 4.11. The summed E-state index contributed by atoms with van der Waals surface area (Å²) in [5, 5.41) is 12.7. The topological polar surface area (TPSA) is 38.1 Å². The Morgan fingerprint density at radius 3 is 2.20 bits per heavy atom. The first-order valence-electron chi connectivity index (χ1n) is 5.46. The molecule has 0 atom stereocenters. The van der Waals surface area contributed by atoms with Crippen molar-refractivity contribution < 1.29 is 18.3 Å². The quantitative estimate of drug-likeness (QED) is 0.906. The zero-order valence-electron chi connectivity index (χ0n) is 10.2. The van der Waals surface area contributed by atoms with E-state index >= 15 is 0 Å². The zero-order chi connectivity index (χ0) is 15.1. The molecule has 0 spiro atoms. The van der Waals surface area contributed by atoms with Crippen molar-refractivity contribution in [3.05, 3.63) is 45.2 Å². The summed E-state index contributed by atoms with van der Waals surface area (Å²) in [6.07, 6.45) is -3.12. The molecule has 20 heavy (non-hydrogen) atoms. The molecule has 0 amide bonds. The Labute approximate surface area is 122 Å². The molecule has 0 radical (unpaired) electrons. The number of aliphatic hydroxyl groups is 1. The summed E-state index contributed by atoms with van der Waals surface area (Å²) in [6.45, 7) is 1.42. The molecule has 1 aromatic carbocycles. The molecule has 2 aromatic rings. The van der Waals surface area contributed by atoms with Gasteiger partial charge in [0.25, 0.3) is 0 Å². The van der Waals surface area contributed by atoms with Crippen molar-refractivity contribution in [2.75, 3.05) is 0 Å². The minimum absolute atomic E-state index is 0.151. The van der Waals surface area contributed by atoms with Crippen molar-refractivity contribution in [3.63, 3.8) is 0 Å². The van der Waals surface area contributed by atoms with Crippen molar-refractivity contribution in [1.82, 2.24) is 9.78 Å². The third-order valence-corrected chi connectivity index (χ3v) is 3.41. The van der Waals surface area contributed by atoms with Crippen LogP contribution in [0.2, 0.25) is 10.0 Å². The molecule has 1 aromatic heterocycles. The second kappa shape index (κ2) is 5.27. The smallest absolute Gasteiger partial charge is 0.392 e. The Morgan fingerprint density at radius 2 is 1.80 bits per heavy atom. The first-order valence-corrected chi connectivity index (χ1v) is 6.22. The van der Waals surface area contributed by atoms with Crippen molar-refractivity contribution >= 4 is 23.2 Å². The molecule has 0 bridgehead atoms. The van der Waals surface area contributed by atoms with Gasteiger partial charge in [-0.1, -0.05) is 23.2 Å². The molecule has 0 unspecified atom stereocenters. The Morgan fingerprint density at radius 1 is 1.25 bits per heavy atom. The fourth-order valence-electron chi connectivity index (χ4n) is 1.76. The summed E-state index contributed by atoms with van der Waals surface area (Å²) in [7, 11) is 0. The first-order chi connectivity index (χ1) is 9.25. The van der Waals surface area contributed by atoms with Gasteiger partial charge in [0.15, 0.2) is 0 Å². The van der Waals surface area contributed by atoms with Crippen LogP contribution in [-0.4, -0.2) is 14.9 Å². The molecule has 0 aliphatic heterocycles. The van der Waals surface area contributed by atoms with Gasteiger partial charge in [0, 0.05) is 11.3 Å². The maximum atomic E-state index is 12.6. The number of nitrogens with zero attached hydrogens (tertiary/aromatic N) is 2. The summed E-state index contributed by atoms with van der Waals surface area (Å²) in [5.74, 6) is 0. The predicted molar refractivity (Wildman–Crippen MR) is 69.2 cm³/mol. The number of aromatic nitrogens is 2. The third-order valence-electron chi connectivity index (χ3n) is 2.84. The SMILES string of the molecule is Cc1c(CO)cnn1-c1c(Cl)cc(C(F)(F)F)cc1Cl. The molecule has 3 nitrogen and oxygen atoms in total. The lowest BCUT2D eigenvalue weighted by Crippen LogP contribution is -2.08. The van der Waals surface area contributed by atoms with E-state index in [2.05, 4.69) is 5.10 Å². The lowest BCUT2D eigenvalue weighted by atomic mass is 10.2. The van der Waals surface area contributed by atoms with Crippen LogP contribution in [0.15, 0.2) is 18.3 Å². The molecule has 0 aliphatic carbocycles. The minimum atomic E-state index is -4.53. The molecule has 8 heteroatoms. The summed E-state index contributed by atoms with van der Waals surface area (Å²) < 4.78 is 39.2. The fourth-order valence-corrected chi connectivity index (χ4v) is 2.40. The van der Waals surface area contributed by atoms with E-state index in [0.717, 1.165) is 12.1 Å². The number of halogens is 5. The zero-order valence-corrected chi connectivity index (χ0v) is 11.7. The highest BCUT2D eigenvalue weighted by atomic mass is 35.5. The van der Waals surface area contributed by atoms with Crippen molar-refractivity contribution in [1.29, 1.82) is 0 Å². The number of hydrogen-bond acceptors (Lipinski definition) is 2. The number of alkyl halides is 3. The van der Waals surface area contributed by atoms with Gasteiger partial charge in [0.05, 0.1) is 28.4 Å². The van der Waals surface area contributed by atoms with E-state index in [1.807, 2.05) is 0 Å². The van der Waals surface area contributed by atoms with Crippen LogP contribution in [0.1, 0.15) is 16.8 Å². The molecule has 0 aliphatic rings. The van der Waals surface area contributed by atoms with Gasteiger partial charge in [-0.3, -0.25) is 0 Å². The largest absolute Gasteiger partial charge is 0.416 e. The molecule has 1 N–H and O–H groups in total. The number of aliphatic hydroxyl groups excluding tert-OH is 1. The highest BCUT2D eigenvalue weighted by Gasteiger charge is 2.32. The normalized spacial score (nSPS) is 11.9. The van der Waals surface area contributed by atoms with E-state index in [9.17, 15) is 13.2 Å². The molecule has 108 valence electrons. The molecule has 2 rings (SSSR count). The van der Waals surface area contributed by atoms with E-state index in [4.69, 9.17) is 28.3 Å². The molecule has 0 fully saturated rings. The number of hydrogen-bond donors (Lipinski definition) is 1. The highest BCUT2D eigenvalue weighted by Crippen LogP contribution is 2.37. The van der Waals surface area contributed by atoms with E-state index in [-0.39, 0.29) is 22.3 Å². The molecule has 1 heterocycles. The highest BCUT2D eigenvalue weighted by molar-refractivity contribution is 6.37. The van der Waals surface area contributed by atoms with Gasteiger partial charge < -0.3 is 5.11 Å². The van der Waals surface area contributed by atoms with Gasteiger partial charge in [-0.25, -0.2) is 4.68 Å². The van der Waals surface area contributed by atoms with Gasteiger partial charge in [-0.05, 0) is 19.1 Å². The average Bonchev–Trinajstić information content (AvgIpc) is 2.69. The van der Waals surface area contributed by atoms with Crippen molar-refractivity contribution in [3.8, 4) is 5.69 Å². The molecule has 0 saturated carbocycles. The van der Waals surface area contributed by atoms with Crippen LogP contribution < -0.4 is 0 Å². The monoisotopic (exact) mass is 324 g/mol. The summed E-state index contributed by atoms with van der Waals surface area (Å²) in [5.41, 5.74) is 0.315. The maximum absolute atomic E-state index is 12.6. The Kier molecular flexibility index (Phi) is 4.00. The molecule has 0 saturated heterocycles. The van der Waals surface area contributed by atoms with Crippen LogP contribution in [0.3, 0.4) is 0 Å². The van der Waals surface area contributed by atoms with E-state index in [0.29, 0.717) is 11.3 Å². The lowest BCUT2D eigenvalue weighted by Gasteiger charge is -2.13. The predicted octanol–water partition coefficient (Wildman–Crippen LogP) is 4.00. The second-order valence-corrected chi connectivity index (χ2v) is 4.93. The van der Waals surface area contributed by atoms with Crippen LogP contribution in [-0.2, 0) is 12.8 Å². The van der Waals surface area contributed by atoms with Crippen LogP contribution in [0.4, 0.5) is 13.2 Å². The van der Waals surface area contributed by atoms with Crippen LogP contribution >= 0.6 is 23.2 Å². The average molecular weight is 325 g/mol.